The molecule has 4 nitrogen and oxygen atoms in total. The average molecular weight is 245 g/mol. The highest BCUT2D eigenvalue weighted by Gasteiger charge is 2.17. The molecule has 0 spiro atoms. The van der Waals surface area contributed by atoms with Gasteiger partial charge in [-0.2, -0.15) is 16.7 Å². The van der Waals surface area contributed by atoms with E-state index in [9.17, 15) is 0 Å². The van der Waals surface area contributed by atoms with Crippen LogP contribution < -0.4 is 10.6 Å². The van der Waals surface area contributed by atoms with Gasteiger partial charge in [0.15, 0.2) is 5.82 Å². The predicted molar refractivity (Wildman–Crippen MR) is 65.9 cm³/mol. The fraction of sp³-hybridized carbons (Fsp3) is 0.556. The fourth-order valence-electron chi connectivity index (χ4n) is 1.43. The Morgan fingerprint density at radius 1 is 1.60 bits per heavy atom. The highest BCUT2D eigenvalue weighted by atomic mass is 35.5. The van der Waals surface area contributed by atoms with E-state index in [2.05, 4.69) is 20.6 Å². The van der Waals surface area contributed by atoms with Gasteiger partial charge in [-0.15, -0.1) is 0 Å². The van der Waals surface area contributed by atoms with Gasteiger partial charge in [-0.25, -0.2) is 4.98 Å². The topological polar surface area (TPSA) is 49.8 Å². The van der Waals surface area contributed by atoms with Crippen molar-refractivity contribution in [3.8, 4) is 0 Å². The van der Waals surface area contributed by atoms with E-state index in [1.807, 2.05) is 11.8 Å². The molecule has 2 heterocycles. The summed E-state index contributed by atoms with van der Waals surface area (Å²) in [5.74, 6) is 3.64. The third kappa shape index (κ3) is 2.66. The molecule has 1 atom stereocenters. The summed E-state index contributed by atoms with van der Waals surface area (Å²) in [5, 5.41) is 6.81. The fourth-order valence-corrected chi connectivity index (χ4v) is 2.73. The second-order valence-electron chi connectivity index (χ2n) is 3.35. The maximum atomic E-state index is 6.01. The summed E-state index contributed by atoms with van der Waals surface area (Å²) >= 11 is 7.96. The molecule has 1 saturated heterocycles. The second kappa shape index (κ2) is 4.90. The lowest BCUT2D eigenvalue weighted by atomic mass is 10.2. The van der Waals surface area contributed by atoms with Gasteiger partial charge in [0.1, 0.15) is 5.02 Å². The van der Waals surface area contributed by atoms with Gasteiger partial charge in [0.25, 0.3) is 0 Å². The lowest BCUT2D eigenvalue weighted by Crippen LogP contribution is -2.19. The van der Waals surface area contributed by atoms with Crippen LogP contribution in [0.3, 0.4) is 0 Å². The first-order valence-electron chi connectivity index (χ1n) is 4.84. The Morgan fingerprint density at radius 3 is 3.13 bits per heavy atom. The number of rotatable bonds is 3. The van der Waals surface area contributed by atoms with Crippen LogP contribution in [0.25, 0.3) is 0 Å². The van der Waals surface area contributed by atoms with Crippen LogP contribution in [-0.2, 0) is 0 Å². The van der Waals surface area contributed by atoms with Crippen molar-refractivity contribution >= 4 is 35.1 Å². The Kier molecular flexibility index (Phi) is 3.53. The highest BCUT2D eigenvalue weighted by molar-refractivity contribution is 7.99. The molecular weight excluding hydrogens is 232 g/mol. The SMILES string of the molecule is CNc1ncc(Cl)c(NC2CCSC2)n1. The van der Waals surface area contributed by atoms with Crippen molar-refractivity contribution in [1.82, 2.24) is 9.97 Å². The number of thioether (sulfide) groups is 1. The molecule has 82 valence electrons. The van der Waals surface area contributed by atoms with Crippen molar-refractivity contribution in [3.05, 3.63) is 11.2 Å². The van der Waals surface area contributed by atoms with Crippen LogP contribution in [0.5, 0.6) is 0 Å². The Labute approximate surface area is 98.2 Å². The molecule has 1 aromatic rings. The van der Waals surface area contributed by atoms with Crippen molar-refractivity contribution in [2.75, 3.05) is 29.2 Å². The average Bonchev–Trinajstić information content (AvgIpc) is 2.74. The Balaban J connectivity index is 2.11. The molecule has 1 aliphatic heterocycles. The number of hydrogen-bond acceptors (Lipinski definition) is 5. The molecule has 15 heavy (non-hydrogen) atoms. The van der Waals surface area contributed by atoms with E-state index >= 15 is 0 Å². The van der Waals surface area contributed by atoms with Crippen LogP contribution in [0.4, 0.5) is 11.8 Å². The van der Waals surface area contributed by atoms with Gasteiger partial charge in [-0.05, 0) is 12.2 Å². The lowest BCUT2D eigenvalue weighted by Gasteiger charge is -2.13. The largest absolute Gasteiger partial charge is 0.365 e. The number of nitrogens with zero attached hydrogens (tertiary/aromatic N) is 2. The Morgan fingerprint density at radius 2 is 2.47 bits per heavy atom. The van der Waals surface area contributed by atoms with Crippen LogP contribution >= 0.6 is 23.4 Å². The number of nitrogens with one attached hydrogen (secondary N) is 2. The van der Waals surface area contributed by atoms with Crippen LogP contribution in [0, 0.1) is 0 Å². The second-order valence-corrected chi connectivity index (χ2v) is 4.90. The van der Waals surface area contributed by atoms with E-state index in [1.165, 1.54) is 12.2 Å². The van der Waals surface area contributed by atoms with Gasteiger partial charge >= 0.3 is 0 Å². The minimum atomic E-state index is 0.479. The zero-order valence-electron chi connectivity index (χ0n) is 8.46. The van der Waals surface area contributed by atoms with Gasteiger partial charge in [-0.3, -0.25) is 0 Å². The molecular formula is C9H13ClN4S. The van der Waals surface area contributed by atoms with Crippen molar-refractivity contribution in [1.29, 1.82) is 0 Å². The number of hydrogen-bond donors (Lipinski definition) is 2. The van der Waals surface area contributed by atoms with E-state index < -0.39 is 0 Å². The molecule has 1 fully saturated rings. The zero-order valence-corrected chi connectivity index (χ0v) is 10.0. The Hall–Kier alpha value is -0.680. The maximum Gasteiger partial charge on any atom is 0.224 e. The summed E-state index contributed by atoms with van der Waals surface area (Å²) in [6.45, 7) is 0. The van der Waals surface area contributed by atoms with Crippen LogP contribution in [0.1, 0.15) is 6.42 Å². The molecule has 1 aromatic heterocycles. The zero-order chi connectivity index (χ0) is 10.7. The quantitative estimate of drug-likeness (QED) is 0.853. The first-order chi connectivity index (χ1) is 7.29. The predicted octanol–water partition coefficient (Wildman–Crippen LogP) is 2.09. The number of halogens is 1. The van der Waals surface area contributed by atoms with Gasteiger partial charge in [0, 0.05) is 18.8 Å². The normalized spacial score (nSPS) is 20.3. The van der Waals surface area contributed by atoms with Crippen molar-refractivity contribution in [2.45, 2.75) is 12.5 Å². The molecule has 0 amide bonds. The molecule has 1 unspecified atom stereocenters. The summed E-state index contributed by atoms with van der Waals surface area (Å²) in [6.07, 6.45) is 2.78. The van der Waals surface area contributed by atoms with Crippen molar-refractivity contribution in [3.63, 3.8) is 0 Å². The third-order valence-corrected chi connectivity index (χ3v) is 3.68. The molecule has 0 bridgehead atoms. The van der Waals surface area contributed by atoms with Gasteiger partial charge < -0.3 is 10.6 Å². The van der Waals surface area contributed by atoms with Gasteiger partial charge in [-0.1, -0.05) is 11.6 Å². The molecule has 0 saturated carbocycles. The summed E-state index contributed by atoms with van der Waals surface area (Å²) in [6, 6.07) is 0.479. The summed E-state index contributed by atoms with van der Waals surface area (Å²) in [5.41, 5.74) is 0. The van der Waals surface area contributed by atoms with E-state index in [0.717, 1.165) is 11.6 Å². The minimum Gasteiger partial charge on any atom is -0.365 e. The smallest absolute Gasteiger partial charge is 0.224 e. The van der Waals surface area contributed by atoms with Crippen LogP contribution in [0.2, 0.25) is 5.02 Å². The molecule has 2 N–H and O–H groups in total. The maximum absolute atomic E-state index is 6.01. The van der Waals surface area contributed by atoms with E-state index in [-0.39, 0.29) is 0 Å². The van der Waals surface area contributed by atoms with E-state index in [1.54, 1.807) is 13.2 Å². The molecule has 1 aliphatic rings. The van der Waals surface area contributed by atoms with Crippen molar-refractivity contribution in [2.24, 2.45) is 0 Å². The van der Waals surface area contributed by atoms with Crippen LogP contribution in [-0.4, -0.2) is 34.6 Å². The first-order valence-corrected chi connectivity index (χ1v) is 6.37. The van der Waals surface area contributed by atoms with E-state index in [0.29, 0.717) is 17.0 Å². The molecule has 0 aliphatic carbocycles. The minimum absolute atomic E-state index is 0.479. The lowest BCUT2D eigenvalue weighted by molar-refractivity contribution is 0.806. The number of aromatic nitrogens is 2. The Bertz CT molecular complexity index is 341. The standard InChI is InChI=1S/C9H13ClN4S/c1-11-9-12-4-7(10)8(14-9)13-6-2-3-15-5-6/h4,6H,2-3,5H2,1H3,(H2,11,12,13,14). The third-order valence-electron chi connectivity index (χ3n) is 2.24. The van der Waals surface area contributed by atoms with Crippen LogP contribution in [0.15, 0.2) is 6.20 Å². The molecule has 0 radical (unpaired) electrons. The van der Waals surface area contributed by atoms with Crippen molar-refractivity contribution < 1.29 is 0 Å². The van der Waals surface area contributed by atoms with Gasteiger partial charge in [0.05, 0.1) is 6.20 Å². The first kappa shape index (κ1) is 10.8. The summed E-state index contributed by atoms with van der Waals surface area (Å²) in [7, 11) is 1.79. The summed E-state index contributed by atoms with van der Waals surface area (Å²) < 4.78 is 0. The molecule has 6 heteroatoms. The van der Waals surface area contributed by atoms with Gasteiger partial charge in [0.2, 0.25) is 5.95 Å². The highest BCUT2D eigenvalue weighted by Crippen LogP contribution is 2.25. The summed E-state index contributed by atoms with van der Waals surface area (Å²) in [4.78, 5) is 8.31. The van der Waals surface area contributed by atoms with E-state index in [4.69, 9.17) is 11.6 Å². The monoisotopic (exact) mass is 244 g/mol. The molecule has 0 aromatic carbocycles. The number of anilines is 2. The molecule has 2 rings (SSSR count).